The number of guanidine groups is 1. The zero-order valence-corrected chi connectivity index (χ0v) is 19.0. The summed E-state index contributed by atoms with van der Waals surface area (Å²) in [6.45, 7) is 3.56. The van der Waals surface area contributed by atoms with E-state index in [0.717, 1.165) is 48.3 Å². The van der Waals surface area contributed by atoms with Crippen LogP contribution in [0.3, 0.4) is 0 Å². The number of aliphatic imine (C=N–C) groups is 1. The quantitative estimate of drug-likeness (QED) is 0.289. The number of benzene rings is 1. The number of thiazole rings is 1. The van der Waals surface area contributed by atoms with Crippen molar-refractivity contribution in [1.29, 1.82) is 0 Å². The molecule has 0 fully saturated rings. The smallest absolute Gasteiger partial charge is 0.191 e. The Morgan fingerprint density at radius 3 is 2.50 bits per heavy atom. The van der Waals surface area contributed by atoms with E-state index in [9.17, 15) is 4.39 Å². The van der Waals surface area contributed by atoms with E-state index < -0.39 is 0 Å². The van der Waals surface area contributed by atoms with Crippen molar-refractivity contribution in [1.82, 2.24) is 25.4 Å². The van der Waals surface area contributed by atoms with Crippen LogP contribution in [0.1, 0.15) is 15.6 Å². The van der Waals surface area contributed by atoms with Gasteiger partial charge >= 0.3 is 0 Å². The first-order valence-electron chi connectivity index (χ1n) is 8.80. The molecular formula is C19H24FIN6S. The molecule has 3 rings (SSSR count). The minimum atomic E-state index is -0.251. The maximum Gasteiger partial charge on any atom is 0.191 e. The highest BCUT2D eigenvalue weighted by Crippen LogP contribution is 2.11. The normalized spacial score (nSPS) is 11.2. The van der Waals surface area contributed by atoms with Crippen molar-refractivity contribution in [3.05, 3.63) is 64.1 Å². The lowest BCUT2D eigenvalue weighted by Crippen LogP contribution is -2.39. The molecule has 2 aromatic heterocycles. The van der Waals surface area contributed by atoms with E-state index in [-0.39, 0.29) is 29.8 Å². The molecule has 6 nitrogen and oxygen atoms in total. The molecule has 0 unspecified atom stereocenters. The monoisotopic (exact) mass is 514 g/mol. The average Bonchev–Trinajstić information content (AvgIpc) is 3.30. The van der Waals surface area contributed by atoms with Crippen molar-refractivity contribution >= 4 is 41.3 Å². The molecule has 0 aliphatic rings. The first kappa shape index (κ1) is 22.3. The van der Waals surface area contributed by atoms with Gasteiger partial charge in [0.1, 0.15) is 5.82 Å². The summed E-state index contributed by atoms with van der Waals surface area (Å²) in [5, 5.41) is 12.2. The van der Waals surface area contributed by atoms with Gasteiger partial charge in [-0.15, -0.1) is 35.3 Å². The maximum atomic E-state index is 13.0. The van der Waals surface area contributed by atoms with E-state index in [1.54, 1.807) is 35.2 Å². The van der Waals surface area contributed by atoms with E-state index in [1.807, 2.05) is 18.5 Å². The number of nitrogens with one attached hydrogen (secondary N) is 2. The summed E-state index contributed by atoms with van der Waals surface area (Å²) in [6.07, 6.45) is 5.42. The Hall–Kier alpha value is -2.01. The average molecular weight is 514 g/mol. The molecule has 0 saturated carbocycles. The Labute approximate surface area is 185 Å². The van der Waals surface area contributed by atoms with Gasteiger partial charge in [0.25, 0.3) is 0 Å². The van der Waals surface area contributed by atoms with Crippen LogP contribution in [0.25, 0.3) is 5.69 Å². The highest BCUT2D eigenvalue weighted by Gasteiger charge is 2.04. The lowest BCUT2D eigenvalue weighted by molar-refractivity contribution is 0.627. The summed E-state index contributed by atoms with van der Waals surface area (Å²) in [5.74, 6) is 0.514. The molecule has 0 spiro atoms. The molecule has 28 heavy (non-hydrogen) atoms. The van der Waals surface area contributed by atoms with E-state index in [2.05, 4.69) is 32.6 Å². The summed E-state index contributed by atoms with van der Waals surface area (Å²) >= 11 is 1.72. The molecule has 0 radical (unpaired) electrons. The van der Waals surface area contributed by atoms with Crippen LogP contribution in [0.5, 0.6) is 0 Å². The van der Waals surface area contributed by atoms with Gasteiger partial charge in [0.15, 0.2) is 5.96 Å². The molecular weight excluding hydrogens is 490 g/mol. The second-order valence-electron chi connectivity index (χ2n) is 6.02. The summed E-state index contributed by atoms with van der Waals surface area (Å²) < 4.78 is 14.8. The Kier molecular flexibility index (Phi) is 8.84. The maximum absolute atomic E-state index is 13.0. The van der Waals surface area contributed by atoms with Crippen LogP contribution >= 0.6 is 35.3 Å². The van der Waals surface area contributed by atoms with Gasteiger partial charge in [-0.2, -0.15) is 5.10 Å². The van der Waals surface area contributed by atoms with E-state index in [0.29, 0.717) is 0 Å². The van der Waals surface area contributed by atoms with Crippen LogP contribution in [0.4, 0.5) is 4.39 Å². The number of aromatic nitrogens is 3. The Morgan fingerprint density at radius 1 is 1.14 bits per heavy atom. The Morgan fingerprint density at radius 2 is 1.86 bits per heavy atom. The van der Waals surface area contributed by atoms with Crippen LogP contribution in [0.15, 0.2) is 47.7 Å². The fraction of sp³-hybridized carbons (Fsp3) is 0.316. The lowest BCUT2D eigenvalue weighted by atomic mass is 10.3. The molecule has 9 heteroatoms. The van der Waals surface area contributed by atoms with Crippen molar-refractivity contribution in [3.8, 4) is 5.69 Å². The predicted molar refractivity (Wildman–Crippen MR) is 123 cm³/mol. The minimum Gasteiger partial charge on any atom is -0.356 e. The van der Waals surface area contributed by atoms with Gasteiger partial charge in [0.2, 0.25) is 0 Å². The van der Waals surface area contributed by atoms with Gasteiger partial charge in [-0.05, 0) is 37.3 Å². The van der Waals surface area contributed by atoms with Gasteiger partial charge in [0, 0.05) is 50.2 Å². The van der Waals surface area contributed by atoms with Crippen molar-refractivity contribution in [3.63, 3.8) is 0 Å². The number of rotatable bonds is 7. The van der Waals surface area contributed by atoms with Crippen LogP contribution in [0.2, 0.25) is 0 Å². The van der Waals surface area contributed by atoms with Gasteiger partial charge in [-0.3, -0.25) is 4.99 Å². The number of aryl methyl sites for hydroxylation is 1. The molecule has 2 heterocycles. The SMILES string of the molecule is CN=C(NCCc1ccn(-c2ccc(F)cc2)n1)NCCc1ncc(C)s1.I. The van der Waals surface area contributed by atoms with Gasteiger partial charge < -0.3 is 10.6 Å². The second-order valence-corrected chi connectivity index (χ2v) is 7.34. The fourth-order valence-corrected chi connectivity index (χ4v) is 3.35. The molecule has 3 aromatic rings. The highest BCUT2D eigenvalue weighted by atomic mass is 127. The summed E-state index contributed by atoms with van der Waals surface area (Å²) in [5.41, 5.74) is 1.80. The first-order valence-corrected chi connectivity index (χ1v) is 9.62. The standard InChI is InChI=1S/C19H23FN6S.HI/c1-14-13-24-18(27-14)8-11-23-19(21-2)22-10-7-16-9-12-26(25-16)17-5-3-15(20)4-6-17;/h3-6,9,12-13H,7-8,10-11H2,1-2H3,(H2,21,22,23);1H. The molecule has 0 bridgehead atoms. The summed E-state index contributed by atoms with van der Waals surface area (Å²) in [7, 11) is 1.76. The zero-order valence-electron chi connectivity index (χ0n) is 15.9. The van der Waals surface area contributed by atoms with Crippen LogP contribution < -0.4 is 10.6 Å². The molecule has 0 saturated heterocycles. The van der Waals surface area contributed by atoms with Crippen LogP contribution in [-0.4, -0.2) is 40.9 Å². The number of hydrogen-bond donors (Lipinski definition) is 2. The third-order valence-corrected chi connectivity index (χ3v) is 4.91. The minimum absolute atomic E-state index is 0. The van der Waals surface area contributed by atoms with Crippen molar-refractivity contribution in [2.24, 2.45) is 4.99 Å². The van der Waals surface area contributed by atoms with E-state index in [4.69, 9.17) is 0 Å². The number of nitrogens with zero attached hydrogens (tertiary/aromatic N) is 4. The summed E-state index contributed by atoms with van der Waals surface area (Å²) in [4.78, 5) is 9.82. The molecule has 150 valence electrons. The fourth-order valence-electron chi connectivity index (χ4n) is 2.57. The Bertz CT molecular complexity index is 890. The van der Waals surface area contributed by atoms with Crippen molar-refractivity contribution in [2.75, 3.05) is 20.1 Å². The molecule has 1 aromatic carbocycles. The largest absolute Gasteiger partial charge is 0.356 e. The van der Waals surface area contributed by atoms with Crippen LogP contribution in [0, 0.1) is 12.7 Å². The molecule has 0 atom stereocenters. The molecule has 0 amide bonds. The van der Waals surface area contributed by atoms with Crippen LogP contribution in [-0.2, 0) is 12.8 Å². The Balaban J connectivity index is 0.00000280. The molecule has 2 N–H and O–H groups in total. The molecule has 0 aliphatic heterocycles. The van der Waals surface area contributed by atoms with Gasteiger partial charge in [0.05, 0.1) is 16.4 Å². The molecule has 0 aliphatic carbocycles. The second kappa shape index (κ2) is 11.1. The first-order chi connectivity index (χ1) is 13.1. The van der Waals surface area contributed by atoms with Gasteiger partial charge in [-0.25, -0.2) is 14.1 Å². The lowest BCUT2D eigenvalue weighted by Gasteiger charge is -2.10. The third-order valence-electron chi connectivity index (χ3n) is 3.93. The zero-order chi connectivity index (χ0) is 19.1. The van der Waals surface area contributed by atoms with Crippen molar-refractivity contribution < 1.29 is 4.39 Å². The van der Waals surface area contributed by atoms with E-state index >= 15 is 0 Å². The number of hydrogen-bond acceptors (Lipinski definition) is 4. The summed E-state index contributed by atoms with van der Waals surface area (Å²) in [6, 6.07) is 8.24. The van der Waals surface area contributed by atoms with E-state index in [1.165, 1.54) is 17.0 Å². The van der Waals surface area contributed by atoms with Crippen molar-refractivity contribution in [2.45, 2.75) is 19.8 Å². The van der Waals surface area contributed by atoms with Gasteiger partial charge in [-0.1, -0.05) is 0 Å². The topological polar surface area (TPSA) is 67.1 Å². The highest BCUT2D eigenvalue weighted by molar-refractivity contribution is 14.0. The predicted octanol–water partition coefficient (Wildman–Crippen LogP) is 3.34. The number of halogens is 2. The third kappa shape index (κ3) is 6.55.